The van der Waals surface area contributed by atoms with Gasteiger partial charge in [0.2, 0.25) is 5.91 Å². The summed E-state index contributed by atoms with van der Waals surface area (Å²) in [5.74, 6) is 0.183. The summed E-state index contributed by atoms with van der Waals surface area (Å²) < 4.78 is 1.82. The Kier molecular flexibility index (Phi) is 4.80. The smallest absolute Gasteiger partial charge is 0.227 e. The highest BCUT2D eigenvalue weighted by Gasteiger charge is 2.30. The van der Waals surface area contributed by atoms with E-state index < -0.39 is 0 Å². The van der Waals surface area contributed by atoms with Crippen LogP contribution in [0.25, 0.3) is 0 Å². The summed E-state index contributed by atoms with van der Waals surface area (Å²) in [6, 6.07) is 18.8. The number of fused-ring (bicyclic) bond motifs is 1. The molecule has 2 aromatic carbocycles. The van der Waals surface area contributed by atoms with Crippen molar-refractivity contribution >= 4 is 11.6 Å². The lowest BCUT2D eigenvalue weighted by Gasteiger charge is -2.29. The third-order valence-corrected chi connectivity index (χ3v) is 5.42. The van der Waals surface area contributed by atoms with Crippen molar-refractivity contribution in [3.8, 4) is 0 Å². The Balaban J connectivity index is 1.55. The molecule has 0 saturated heterocycles. The minimum Gasteiger partial charge on any atom is -0.309 e. The molecule has 1 amide bonds. The average Bonchev–Trinajstić information content (AvgIpc) is 3.23. The number of carbonyl (C=O) groups excluding carboxylic acids is 1. The fourth-order valence-electron chi connectivity index (χ4n) is 4.12. The Morgan fingerprint density at radius 1 is 1.07 bits per heavy atom. The SMILES string of the molecule is Cc1nn(C)cc1CCC(=O)N(c1ccccc1)C1Cc2ccccc2C1. The van der Waals surface area contributed by atoms with Crippen LogP contribution in [0.15, 0.2) is 60.8 Å². The normalized spacial score (nSPS) is 13.6. The van der Waals surface area contributed by atoms with Crippen LogP contribution in [0.4, 0.5) is 5.69 Å². The van der Waals surface area contributed by atoms with Crippen molar-refractivity contribution in [2.45, 2.75) is 38.6 Å². The molecule has 1 aromatic heterocycles. The molecular formula is C23H25N3O. The van der Waals surface area contributed by atoms with Crippen LogP contribution in [0, 0.1) is 6.92 Å². The summed E-state index contributed by atoms with van der Waals surface area (Å²) in [6.45, 7) is 2.00. The number of anilines is 1. The lowest BCUT2D eigenvalue weighted by molar-refractivity contribution is -0.119. The molecule has 4 heteroatoms. The summed E-state index contributed by atoms with van der Waals surface area (Å²) in [7, 11) is 1.92. The predicted molar refractivity (Wildman–Crippen MR) is 108 cm³/mol. The van der Waals surface area contributed by atoms with Crippen LogP contribution in [0.5, 0.6) is 0 Å². The zero-order valence-electron chi connectivity index (χ0n) is 15.9. The van der Waals surface area contributed by atoms with E-state index in [4.69, 9.17) is 0 Å². The average molecular weight is 359 g/mol. The molecule has 3 aromatic rings. The second kappa shape index (κ2) is 7.39. The fraction of sp³-hybridized carbons (Fsp3) is 0.304. The van der Waals surface area contributed by atoms with Gasteiger partial charge in [-0.15, -0.1) is 0 Å². The van der Waals surface area contributed by atoms with Gasteiger partial charge in [0.1, 0.15) is 0 Å². The van der Waals surface area contributed by atoms with Crippen molar-refractivity contribution in [3.05, 3.63) is 83.2 Å². The summed E-state index contributed by atoms with van der Waals surface area (Å²) in [4.78, 5) is 15.3. The molecule has 0 radical (unpaired) electrons. The van der Waals surface area contributed by atoms with Gasteiger partial charge in [0.05, 0.1) is 5.69 Å². The number of hydrogen-bond acceptors (Lipinski definition) is 2. The van der Waals surface area contributed by atoms with Gasteiger partial charge in [-0.3, -0.25) is 9.48 Å². The van der Waals surface area contributed by atoms with Gasteiger partial charge in [0.15, 0.2) is 0 Å². The Morgan fingerprint density at radius 2 is 1.70 bits per heavy atom. The Morgan fingerprint density at radius 3 is 2.30 bits per heavy atom. The molecule has 0 spiro atoms. The van der Waals surface area contributed by atoms with E-state index >= 15 is 0 Å². The molecule has 0 N–H and O–H groups in total. The van der Waals surface area contributed by atoms with Crippen LogP contribution in [0.2, 0.25) is 0 Å². The van der Waals surface area contributed by atoms with Gasteiger partial charge in [-0.25, -0.2) is 0 Å². The maximum Gasteiger partial charge on any atom is 0.227 e. The number of hydrogen-bond donors (Lipinski definition) is 0. The molecule has 4 nitrogen and oxygen atoms in total. The first-order valence-corrected chi connectivity index (χ1v) is 9.55. The molecular weight excluding hydrogens is 334 g/mol. The quantitative estimate of drug-likeness (QED) is 0.694. The topological polar surface area (TPSA) is 38.1 Å². The molecule has 138 valence electrons. The van der Waals surface area contributed by atoms with E-state index in [1.54, 1.807) is 0 Å². The van der Waals surface area contributed by atoms with Crippen molar-refractivity contribution in [3.63, 3.8) is 0 Å². The van der Waals surface area contributed by atoms with E-state index in [-0.39, 0.29) is 11.9 Å². The van der Waals surface area contributed by atoms with Crippen LogP contribution in [0.1, 0.15) is 28.8 Å². The molecule has 0 fully saturated rings. The van der Waals surface area contributed by atoms with E-state index in [2.05, 4.69) is 29.4 Å². The van der Waals surface area contributed by atoms with Crippen LogP contribution in [-0.2, 0) is 31.1 Å². The number of aromatic nitrogens is 2. The zero-order valence-corrected chi connectivity index (χ0v) is 15.9. The van der Waals surface area contributed by atoms with E-state index in [0.29, 0.717) is 6.42 Å². The number of para-hydroxylation sites is 1. The second-order valence-corrected chi connectivity index (χ2v) is 7.34. The summed E-state index contributed by atoms with van der Waals surface area (Å²) >= 11 is 0. The first-order valence-electron chi connectivity index (χ1n) is 9.55. The Hall–Kier alpha value is -2.88. The van der Waals surface area contributed by atoms with Crippen molar-refractivity contribution in [1.29, 1.82) is 0 Å². The lowest BCUT2D eigenvalue weighted by Crippen LogP contribution is -2.41. The third-order valence-electron chi connectivity index (χ3n) is 5.42. The maximum atomic E-state index is 13.3. The highest BCUT2D eigenvalue weighted by molar-refractivity contribution is 5.94. The molecule has 0 saturated carbocycles. The van der Waals surface area contributed by atoms with E-state index in [0.717, 1.165) is 36.2 Å². The van der Waals surface area contributed by atoms with E-state index in [1.807, 2.05) is 60.1 Å². The van der Waals surface area contributed by atoms with Gasteiger partial charge in [-0.1, -0.05) is 42.5 Å². The number of carbonyl (C=O) groups is 1. The number of rotatable bonds is 5. The molecule has 0 unspecified atom stereocenters. The van der Waals surface area contributed by atoms with Crippen LogP contribution in [0.3, 0.4) is 0 Å². The maximum absolute atomic E-state index is 13.3. The number of benzene rings is 2. The van der Waals surface area contributed by atoms with E-state index in [1.165, 1.54) is 11.1 Å². The molecule has 0 aliphatic heterocycles. The van der Waals surface area contributed by atoms with Gasteiger partial charge in [-0.2, -0.15) is 5.10 Å². The monoisotopic (exact) mass is 359 g/mol. The third kappa shape index (κ3) is 3.65. The summed E-state index contributed by atoms with van der Waals surface area (Å²) in [5.41, 5.74) is 5.86. The largest absolute Gasteiger partial charge is 0.309 e. The van der Waals surface area contributed by atoms with Crippen molar-refractivity contribution in [2.24, 2.45) is 7.05 Å². The lowest BCUT2D eigenvalue weighted by atomic mass is 10.1. The number of nitrogens with zero attached hydrogens (tertiary/aromatic N) is 3. The second-order valence-electron chi connectivity index (χ2n) is 7.34. The molecule has 1 aliphatic carbocycles. The first-order chi connectivity index (χ1) is 13.1. The fourth-order valence-corrected chi connectivity index (χ4v) is 4.12. The number of aryl methyl sites for hydroxylation is 3. The minimum absolute atomic E-state index is 0.183. The molecule has 1 heterocycles. The number of amides is 1. The Labute approximate surface area is 160 Å². The highest BCUT2D eigenvalue weighted by Crippen LogP contribution is 2.29. The van der Waals surface area contributed by atoms with Gasteiger partial charge in [0.25, 0.3) is 0 Å². The van der Waals surface area contributed by atoms with Gasteiger partial charge in [0, 0.05) is 31.4 Å². The van der Waals surface area contributed by atoms with Crippen molar-refractivity contribution in [1.82, 2.24) is 9.78 Å². The molecule has 0 bridgehead atoms. The molecule has 0 atom stereocenters. The van der Waals surface area contributed by atoms with Crippen LogP contribution < -0.4 is 4.90 Å². The summed E-state index contributed by atoms with van der Waals surface area (Å²) in [6.07, 6.45) is 5.07. The first kappa shape index (κ1) is 17.5. The summed E-state index contributed by atoms with van der Waals surface area (Å²) in [5, 5.41) is 4.39. The van der Waals surface area contributed by atoms with Gasteiger partial charge >= 0.3 is 0 Å². The zero-order chi connectivity index (χ0) is 18.8. The standard InChI is InChI=1S/C23H25N3O/c1-17-20(16-25(2)24-17)12-13-23(27)26(21-10-4-3-5-11-21)22-14-18-8-6-7-9-19(18)15-22/h3-11,16,22H,12-15H2,1-2H3. The highest BCUT2D eigenvalue weighted by atomic mass is 16.2. The van der Waals surface area contributed by atoms with Crippen molar-refractivity contribution in [2.75, 3.05) is 4.90 Å². The minimum atomic E-state index is 0.183. The predicted octanol–water partition coefficient (Wildman–Crippen LogP) is 3.86. The Bertz CT molecular complexity index is 920. The van der Waals surface area contributed by atoms with Gasteiger partial charge in [-0.05, 0) is 55.0 Å². The molecule has 1 aliphatic rings. The molecule has 4 rings (SSSR count). The van der Waals surface area contributed by atoms with Crippen LogP contribution >= 0.6 is 0 Å². The van der Waals surface area contributed by atoms with E-state index in [9.17, 15) is 4.79 Å². The van der Waals surface area contributed by atoms with Crippen LogP contribution in [-0.4, -0.2) is 21.7 Å². The van der Waals surface area contributed by atoms with Gasteiger partial charge < -0.3 is 4.90 Å². The molecule has 27 heavy (non-hydrogen) atoms. The van der Waals surface area contributed by atoms with Crippen molar-refractivity contribution < 1.29 is 4.79 Å².